The van der Waals surface area contributed by atoms with Crippen LogP contribution in [0.15, 0.2) is 66.7 Å². The molecule has 0 spiro atoms. The molecule has 2 rings (SSSR count). The topological polar surface area (TPSA) is 64.6 Å². The third-order valence-electron chi connectivity index (χ3n) is 2.94. The summed E-state index contributed by atoms with van der Waals surface area (Å²) in [5.41, 5.74) is 1.69. The summed E-state index contributed by atoms with van der Waals surface area (Å²) in [5, 5.41) is 2.63. The van der Waals surface area contributed by atoms with Crippen LogP contribution in [0.3, 0.4) is 0 Å². The van der Waals surface area contributed by atoms with E-state index in [1.807, 2.05) is 30.3 Å². The number of hydrogen-bond acceptors (Lipinski definition) is 4. The van der Waals surface area contributed by atoms with Gasteiger partial charge in [-0.1, -0.05) is 30.3 Å². The predicted octanol–water partition coefficient (Wildman–Crippen LogP) is 2.93. The molecule has 1 amide bonds. The number of carbonyl (C=O) groups excluding carboxylic acids is 2. The normalized spacial score (nSPS) is 10.3. The van der Waals surface area contributed by atoms with Crippen LogP contribution in [0.25, 0.3) is 0 Å². The molecule has 0 radical (unpaired) electrons. The highest BCUT2D eigenvalue weighted by molar-refractivity contribution is 6.02. The van der Waals surface area contributed by atoms with Crippen LogP contribution in [-0.2, 0) is 20.9 Å². The van der Waals surface area contributed by atoms with Crippen LogP contribution < -0.4 is 10.1 Å². The van der Waals surface area contributed by atoms with Crippen molar-refractivity contribution in [3.63, 3.8) is 0 Å². The van der Waals surface area contributed by atoms with E-state index in [9.17, 15) is 9.59 Å². The van der Waals surface area contributed by atoms with E-state index in [2.05, 4.69) is 10.1 Å². The Kier molecular flexibility index (Phi) is 5.94. The molecule has 1 N–H and O–H groups in total. The fraction of sp³-hybridized carbons (Fsp3) is 0.111. The fourth-order valence-electron chi connectivity index (χ4n) is 1.77. The molecule has 0 atom stereocenters. The van der Waals surface area contributed by atoms with E-state index in [0.717, 1.165) is 17.7 Å². The third-order valence-corrected chi connectivity index (χ3v) is 2.94. The van der Waals surface area contributed by atoms with Crippen molar-refractivity contribution in [2.45, 2.75) is 6.61 Å². The van der Waals surface area contributed by atoms with Gasteiger partial charge in [0.1, 0.15) is 12.4 Å². The van der Waals surface area contributed by atoms with Gasteiger partial charge in [0.15, 0.2) is 0 Å². The molecule has 0 aliphatic rings. The average molecular weight is 311 g/mol. The standard InChI is InChI=1S/C18H17NO4/c1-22-18(21)12-11-17(20)19-15-7-9-16(10-8-15)23-13-14-5-3-2-4-6-14/h2-12H,13H2,1H3,(H,19,20)/b12-11+. The summed E-state index contributed by atoms with van der Waals surface area (Å²) in [4.78, 5) is 22.5. The van der Waals surface area contributed by atoms with Gasteiger partial charge < -0.3 is 14.8 Å². The Morgan fingerprint density at radius 1 is 1.00 bits per heavy atom. The molecule has 0 saturated carbocycles. The highest BCUT2D eigenvalue weighted by Crippen LogP contribution is 2.17. The van der Waals surface area contributed by atoms with Gasteiger partial charge in [0, 0.05) is 17.8 Å². The lowest BCUT2D eigenvalue weighted by molar-refractivity contribution is -0.135. The molecule has 118 valence electrons. The van der Waals surface area contributed by atoms with E-state index < -0.39 is 11.9 Å². The summed E-state index contributed by atoms with van der Waals surface area (Å²) in [6.45, 7) is 0.481. The Balaban J connectivity index is 1.85. The van der Waals surface area contributed by atoms with Gasteiger partial charge in [-0.05, 0) is 29.8 Å². The van der Waals surface area contributed by atoms with Crippen LogP contribution >= 0.6 is 0 Å². The van der Waals surface area contributed by atoms with Crippen LogP contribution in [0.2, 0.25) is 0 Å². The molecule has 0 saturated heterocycles. The van der Waals surface area contributed by atoms with E-state index in [0.29, 0.717) is 18.0 Å². The minimum absolute atomic E-state index is 0.409. The second-order valence-corrected chi connectivity index (χ2v) is 4.64. The summed E-state index contributed by atoms with van der Waals surface area (Å²) >= 11 is 0. The lowest BCUT2D eigenvalue weighted by atomic mass is 10.2. The Morgan fingerprint density at radius 2 is 1.70 bits per heavy atom. The van der Waals surface area contributed by atoms with Crippen LogP contribution in [0.4, 0.5) is 5.69 Å². The predicted molar refractivity (Wildman–Crippen MR) is 87.0 cm³/mol. The Morgan fingerprint density at radius 3 is 2.35 bits per heavy atom. The average Bonchev–Trinajstić information content (AvgIpc) is 2.60. The van der Waals surface area contributed by atoms with Gasteiger partial charge in [-0.2, -0.15) is 0 Å². The highest BCUT2D eigenvalue weighted by Gasteiger charge is 2.01. The molecule has 0 aromatic heterocycles. The van der Waals surface area contributed by atoms with Gasteiger partial charge in [0.05, 0.1) is 7.11 Å². The summed E-state index contributed by atoms with van der Waals surface area (Å²) < 4.78 is 10.1. The van der Waals surface area contributed by atoms with Gasteiger partial charge in [-0.15, -0.1) is 0 Å². The maximum Gasteiger partial charge on any atom is 0.330 e. The van der Waals surface area contributed by atoms with Crippen molar-refractivity contribution >= 4 is 17.6 Å². The molecule has 0 fully saturated rings. The monoisotopic (exact) mass is 311 g/mol. The van der Waals surface area contributed by atoms with Crippen LogP contribution in [0.5, 0.6) is 5.75 Å². The van der Waals surface area contributed by atoms with Crippen molar-refractivity contribution in [2.75, 3.05) is 12.4 Å². The first-order valence-electron chi connectivity index (χ1n) is 7.01. The first kappa shape index (κ1) is 16.3. The molecule has 5 heteroatoms. The number of hydrogen-bond donors (Lipinski definition) is 1. The minimum atomic E-state index is -0.579. The molecule has 23 heavy (non-hydrogen) atoms. The van der Waals surface area contributed by atoms with E-state index in [1.165, 1.54) is 7.11 Å². The molecule has 0 aliphatic carbocycles. The van der Waals surface area contributed by atoms with Gasteiger partial charge in [-0.25, -0.2) is 4.79 Å². The molecule has 0 unspecified atom stereocenters. The Hall–Kier alpha value is -3.08. The van der Waals surface area contributed by atoms with Crippen molar-refractivity contribution in [3.05, 3.63) is 72.3 Å². The van der Waals surface area contributed by atoms with Crippen molar-refractivity contribution in [2.24, 2.45) is 0 Å². The zero-order valence-electron chi connectivity index (χ0n) is 12.7. The number of anilines is 1. The van der Waals surface area contributed by atoms with E-state index in [-0.39, 0.29) is 0 Å². The molecular weight excluding hydrogens is 294 g/mol. The second kappa shape index (κ2) is 8.38. The quantitative estimate of drug-likeness (QED) is 0.658. The lowest BCUT2D eigenvalue weighted by Gasteiger charge is -2.07. The van der Waals surface area contributed by atoms with Crippen molar-refractivity contribution in [3.8, 4) is 5.75 Å². The van der Waals surface area contributed by atoms with E-state index >= 15 is 0 Å². The molecule has 2 aromatic carbocycles. The summed E-state index contributed by atoms with van der Waals surface area (Å²) in [6, 6.07) is 16.8. The lowest BCUT2D eigenvalue weighted by Crippen LogP contribution is -2.09. The maximum absolute atomic E-state index is 11.6. The molecule has 0 bridgehead atoms. The van der Waals surface area contributed by atoms with Gasteiger partial charge >= 0.3 is 5.97 Å². The SMILES string of the molecule is COC(=O)/C=C/C(=O)Nc1ccc(OCc2ccccc2)cc1. The number of ether oxygens (including phenoxy) is 2. The molecule has 5 nitrogen and oxygen atoms in total. The zero-order valence-corrected chi connectivity index (χ0v) is 12.7. The Bertz CT molecular complexity index is 678. The number of benzene rings is 2. The van der Waals surface area contributed by atoms with Gasteiger partial charge in [0.2, 0.25) is 5.91 Å². The van der Waals surface area contributed by atoms with Crippen LogP contribution in [0, 0.1) is 0 Å². The van der Waals surface area contributed by atoms with Crippen molar-refractivity contribution in [1.82, 2.24) is 0 Å². The number of methoxy groups -OCH3 is 1. The van der Waals surface area contributed by atoms with Crippen molar-refractivity contribution < 1.29 is 19.1 Å². The summed E-state index contributed by atoms with van der Waals surface area (Å²) in [5.74, 6) is -0.282. The molecule has 2 aromatic rings. The number of esters is 1. The minimum Gasteiger partial charge on any atom is -0.489 e. The Labute approximate surface area is 134 Å². The molecule has 0 heterocycles. The second-order valence-electron chi connectivity index (χ2n) is 4.64. The highest BCUT2D eigenvalue weighted by atomic mass is 16.5. The largest absolute Gasteiger partial charge is 0.489 e. The van der Waals surface area contributed by atoms with Gasteiger partial charge in [-0.3, -0.25) is 4.79 Å². The van der Waals surface area contributed by atoms with Crippen LogP contribution in [0.1, 0.15) is 5.56 Å². The van der Waals surface area contributed by atoms with Crippen molar-refractivity contribution in [1.29, 1.82) is 0 Å². The summed E-state index contributed by atoms with van der Waals surface area (Å²) in [6.07, 6.45) is 2.18. The van der Waals surface area contributed by atoms with Crippen LogP contribution in [-0.4, -0.2) is 19.0 Å². The number of carbonyl (C=O) groups is 2. The van der Waals surface area contributed by atoms with E-state index in [1.54, 1.807) is 24.3 Å². The number of nitrogens with one attached hydrogen (secondary N) is 1. The first-order valence-corrected chi connectivity index (χ1v) is 7.01. The summed E-state index contributed by atoms with van der Waals surface area (Å²) in [7, 11) is 1.25. The first-order chi connectivity index (χ1) is 11.2. The third kappa shape index (κ3) is 5.67. The number of amides is 1. The molecule has 0 aliphatic heterocycles. The zero-order chi connectivity index (χ0) is 16.5. The number of rotatable bonds is 6. The van der Waals surface area contributed by atoms with Gasteiger partial charge in [0.25, 0.3) is 0 Å². The smallest absolute Gasteiger partial charge is 0.330 e. The fourth-order valence-corrected chi connectivity index (χ4v) is 1.77. The van der Waals surface area contributed by atoms with E-state index in [4.69, 9.17) is 4.74 Å². The maximum atomic E-state index is 11.6. The molecular formula is C18H17NO4.